The maximum Gasteiger partial charge on any atom is 0.331 e. The van der Waals surface area contributed by atoms with E-state index in [1.165, 1.54) is 44.9 Å². The van der Waals surface area contributed by atoms with Crippen LogP contribution in [0.1, 0.15) is 58.3 Å². The van der Waals surface area contributed by atoms with Gasteiger partial charge in [-0.2, -0.15) is 0 Å². The lowest BCUT2D eigenvalue weighted by Crippen LogP contribution is -2.50. The molecule has 138 valence electrons. The molecule has 0 aromatic heterocycles. The number of unbranched alkanes of at least 4 members (excludes halogenated alkanes) is 5. The number of rotatable bonds is 8. The molecule has 0 bridgehead atoms. The average Bonchev–Trinajstić information content (AvgIpc) is 2.95. The summed E-state index contributed by atoms with van der Waals surface area (Å²) in [5.74, 6) is 2.61. The van der Waals surface area contributed by atoms with Gasteiger partial charge in [-0.3, -0.25) is 0 Å². The summed E-state index contributed by atoms with van der Waals surface area (Å²) in [6, 6.07) is 0. The number of hydrogen-bond donors (Lipinski definition) is 2. The predicted octanol–water partition coefficient (Wildman–Crippen LogP) is 4.42. The second kappa shape index (κ2) is 6.90. The van der Waals surface area contributed by atoms with E-state index in [9.17, 15) is 15.0 Å². The highest BCUT2D eigenvalue weighted by Crippen LogP contribution is 2.67. The van der Waals surface area contributed by atoms with Gasteiger partial charge in [-0.1, -0.05) is 57.6 Å². The van der Waals surface area contributed by atoms with Crippen molar-refractivity contribution in [2.45, 2.75) is 64.4 Å². The van der Waals surface area contributed by atoms with Gasteiger partial charge in [-0.25, -0.2) is 4.79 Å². The molecule has 4 aliphatic carbocycles. The van der Waals surface area contributed by atoms with Gasteiger partial charge in [0.15, 0.2) is 0 Å². The minimum absolute atomic E-state index is 0.0344. The molecule has 2 saturated carbocycles. The van der Waals surface area contributed by atoms with Crippen molar-refractivity contribution in [1.82, 2.24) is 0 Å². The first-order valence-corrected chi connectivity index (χ1v) is 10.4. The first-order chi connectivity index (χ1) is 12.1. The molecular weight excluding hydrogens is 312 g/mol. The third kappa shape index (κ3) is 2.79. The summed E-state index contributed by atoms with van der Waals surface area (Å²) in [6.07, 6.45) is 16.1. The van der Waals surface area contributed by atoms with Gasteiger partial charge in [-0.15, -0.1) is 0 Å². The quantitative estimate of drug-likeness (QED) is 0.506. The van der Waals surface area contributed by atoms with Gasteiger partial charge in [0.25, 0.3) is 0 Å². The Balaban J connectivity index is 1.41. The van der Waals surface area contributed by atoms with Crippen LogP contribution in [0, 0.1) is 41.4 Å². The number of carboxylic acids is 1. The van der Waals surface area contributed by atoms with Crippen LogP contribution in [0.4, 0.5) is 0 Å². The smallest absolute Gasteiger partial charge is 0.331 e. The van der Waals surface area contributed by atoms with Gasteiger partial charge in [0.05, 0.1) is 6.10 Å². The summed E-state index contributed by atoms with van der Waals surface area (Å²) < 4.78 is 0. The predicted molar refractivity (Wildman–Crippen MR) is 97.9 cm³/mol. The molecule has 3 heteroatoms. The molecule has 0 aromatic carbocycles. The largest absolute Gasteiger partial charge is 0.478 e. The zero-order valence-electron chi connectivity index (χ0n) is 15.3. The fourth-order valence-corrected chi connectivity index (χ4v) is 6.66. The summed E-state index contributed by atoms with van der Waals surface area (Å²) in [7, 11) is 0. The molecule has 0 heterocycles. The Morgan fingerprint density at radius 2 is 1.84 bits per heavy atom. The second-order valence-electron chi connectivity index (χ2n) is 8.84. The van der Waals surface area contributed by atoms with Crippen LogP contribution in [0.2, 0.25) is 0 Å². The molecule has 3 nitrogen and oxygen atoms in total. The summed E-state index contributed by atoms with van der Waals surface area (Å²) in [5.41, 5.74) is 0.434. The molecule has 2 fully saturated rings. The maximum atomic E-state index is 11.6. The SMILES string of the molecule is CCCCCCCC[C@@H]1[C@H]2C=C[C@H]3C(C(=O)O)=C[C@@H](O)[C@H]4C[C@@H]1[C@@H]2[C@H]43. The van der Waals surface area contributed by atoms with Gasteiger partial charge in [-0.05, 0) is 54.4 Å². The number of carbonyl (C=O) groups is 1. The third-order valence-corrected chi connectivity index (χ3v) is 7.71. The van der Waals surface area contributed by atoms with Crippen molar-refractivity contribution in [3.63, 3.8) is 0 Å². The monoisotopic (exact) mass is 344 g/mol. The molecule has 0 spiro atoms. The Hall–Kier alpha value is -1.09. The number of allylic oxidation sites excluding steroid dienone is 2. The highest BCUT2D eigenvalue weighted by molar-refractivity contribution is 5.88. The zero-order valence-corrected chi connectivity index (χ0v) is 15.3. The van der Waals surface area contributed by atoms with Crippen molar-refractivity contribution >= 4 is 5.97 Å². The van der Waals surface area contributed by atoms with Crippen LogP contribution in [-0.4, -0.2) is 22.3 Å². The highest BCUT2D eigenvalue weighted by Gasteiger charge is 2.63. The molecule has 0 unspecified atom stereocenters. The standard InChI is InChI=1S/C22H32O3/c1-2-3-4-5-6-7-8-13-14-9-10-15-17(22(24)25)12-19(23)18-11-16(13)20(14)21(15)18/h9-10,12-16,18-21,23H,2-8,11H2,1H3,(H,24,25)/t13-,14-,15+,16+,18-,19-,20-,21+/m1/s1. The van der Waals surface area contributed by atoms with Crippen LogP contribution in [0.15, 0.2) is 23.8 Å². The number of aliphatic carboxylic acids is 1. The Bertz CT molecular complexity index is 578. The van der Waals surface area contributed by atoms with Crippen LogP contribution in [0.25, 0.3) is 0 Å². The lowest BCUT2D eigenvalue weighted by Gasteiger charge is -2.54. The van der Waals surface area contributed by atoms with Crippen LogP contribution in [-0.2, 0) is 4.79 Å². The fraction of sp³-hybridized carbons (Fsp3) is 0.773. The van der Waals surface area contributed by atoms with Crippen LogP contribution < -0.4 is 0 Å². The number of hydrogen-bond acceptors (Lipinski definition) is 2. The minimum Gasteiger partial charge on any atom is -0.478 e. The van der Waals surface area contributed by atoms with Crippen LogP contribution in [0.3, 0.4) is 0 Å². The molecule has 0 radical (unpaired) electrons. The normalized spacial score (nSPS) is 43.4. The Morgan fingerprint density at radius 3 is 2.60 bits per heavy atom. The molecule has 8 atom stereocenters. The summed E-state index contributed by atoms with van der Waals surface area (Å²) in [5, 5.41) is 20.0. The van der Waals surface area contributed by atoms with Crippen molar-refractivity contribution < 1.29 is 15.0 Å². The summed E-state index contributed by atoms with van der Waals surface area (Å²) in [4.78, 5) is 11.6. The van der Waals surface area contributed by atoms with Crippen molar-refractivity contribution in [2.75, 3.05) is 0 Å². The minimum atomic E-state index is -0.850. The van der Waals surface area contributed by atoms with Gasteiger partial charge in [0.1, 0.15) is 0 Å². The number of carboxylic acid groups (broad SMARTS) is 1. The zero-order chi connectivity index (χ0) is 17.6. The van der Waals surface area contributed by atoms with E-state index in [2.05, 4.69) is 19.1 Å². The van der Waals surface area contributed by atoms with Gasteiger partial charge >= 0.3 is 5.97 Å². The van der Waals surface area contributed by atoms with Crippen molar-refractivity contribution in [2.24, 2.45) is 41.4 Å². The van der Waals surface area contributed by atoms with E-state index in [1.54, 1.807) is 6.08 Å². The average molecular weight is 344 g/mol. The summed E-state index contributed by atoms with van der Waals surface area (Å²) >= 11 is 0. The van der Waals surface area contributed by atoms with Crippen molar-refractivity contribution in [3.8, 4) is 0 Å². The first-order valence-electron chi connectivity index (χ1n) is 10.4. The van der Waals surface area contributed by atoms with E-state index in [4.69, 9.17) is 0 Å². The molecule has 0 amide bonds. The van der Waals surface area contributed by atoms with Crippen molar-refractivity contribution in [3.05, 3.63) is 23.8 Å². The van der Waals surface area contributed by atoms with E-state index >= 15 is 0 Å². The van der Waals surface area contributed by atoms with E-state index in [0.717, 1.165) is 18.3 Å². The van der Waals surface area contributed by atoms with Crippen molar-refractivity contribution in [1.29, 1.82) is 0 Å². The van der Waals surface area contributed by atoms with E-state index in [1.807, 2.05) is 0 Å². The van der Waals surface area contributed by atoms with E-state index in [0.29, 0.717) is 23.3 Å². The Morgan fingerprint density at radius 1 is 1.08 bits per heavy atom. The van der Waals surface area contributed by atoms with Crippen LogP contribution >= 0.6 is 0 Å². The molecule has 0 aliphatic heterocycles. The molecule has 2 N–H and O–H groups in total. The molecule has 0 saturated heterocycles. The molecular formula is C22H32O3. The third-order valence-electron chi connectivity index (χ3n) is 7.71. The molecule has 4 aliphatic rings. The van der Waals surface area contributed by atoms with Gasteiger partial charge < -0.3 is 10.2 Å². The lowest BCUT2D eigenvalue weighted by atomic mass is 9.50. The van der Waals surface area contributed by atoms with Crippen LogP contribution in [0.5, 0.6) is 0 Å². The van der Waals surface area contributed by atoms with E-state index in [-0.39, 0.29) is 11.8 Å². The number of aliphatic hydroxyl groups excluding tert-OH is 1. The maximum absolute atomic E-state index is 11.6. The topological polar surface area (TPSA) is 57.5 Å². The fourth-order valence-electron chi connectivity index (χ4n) is 6.66. The second-order valence-corrected chi connectivity index (χ2v) is 8.84. The lowest BCUT2D eigenvalue weighted by molar-refractivity contribution is -0.134. The molecule has 4 rings (SSSR count). The number of aliphatic hydroxyl groups is 1. The first kappa shape index (κ1) is 17.3. The van der Waals surface area contributed by atoms with E-state index < -0.39 is 12.1 Å². The Kier molecular flexibility index (Phi) is 4.79. The molecule has 0 aromatic rings. The highest BCUT2D eigenvalue weighted by atomic mass is 16.4. The van der Waals surface area contributed by atoms with Gasteiger partial charge in [0, 0.05) is 11.5 Å². The summed E-state index contributed by atoms with van der Waals surface area (Å²) in [6.45, 7) is 2.26. The molecule has 25 heavy (non-hydrogen) atoms. The van der Waals surface area contributed by atoms with Gasteiger partial charge in [0.2, 0.25) is 0 Å². The Labute approximate surface area is 151 Å².